The van der Waals surface area contributed by atoms with Gasteiger partial charge in [0.1, 0.15) is 16.6 Å². The smallest absolute Gasteiger partial charge is 0.358 e. The van der Waals surface area contributed by atoms with E-state index in [1.807, 2.05) is 26.0 Å². The van der Waals surface area contributed by atoms with E-state index >= 15 is 0 Å². The molecule has 2 heterocycles. The molecule has 10 nitrogen and oxygen atoms in total. The molecule has 12 heteroatoms. The van der Waals surface area contributed by atoms with E-state index in [4.69, 9.17) is 16.2 Å². The Morgan fingerprint density at radius 1 is 1.09 bits per heavy atom. The number of esters is 2. The fraction of sp³-hybridized carbons (Fsp3) is 0.469. The van der Waals surface area contributed by atoms with E-state index in [-0.39, 0.29) is 28.7 Å². The Morgan fingerprint density at radius 2 is 1.80 bits per heavy atom. The number of aromatic nitrogens is 1. The highest BCUT2D eigenvalue weighted by atomic mass is 32.1. The van der Waals surface area contributed by atoms with Crippen molar-refractivity contribution < 1.29 is 23.9 Å². The van der Waals surface area contributed by atoms with Gasteiger partial charge in [0.2, 0.25) is 5.91 Å². The van der Waals surface area contributed by atoms with Crippen LogP contribution in [0.1, 0.15) is 85.9 Å². The quantitative estimate of drug-likeness (QED) is 0.127. The first-order valence-electron chi connectivity index (χ1n) is 15.1. The molecule has 1 aliphatic rings. The first-order chi connectivity index (χ1) is 21.1. The second kappa shape index (κ2) is 15.5. The number of anilines is 2. The number of amides is 2. The van der Waals surface area contributed by atoms with Gasteiger partial charge in [-0.05, 0) is 88.6 Å². The van der Waals surface area contributed by atoms with Crippen LogP contribution in [0.5, 0.6) is 0 Å². The topological polar surface area (TPSA) is 158 Å². The van der Waals surface area contributed by atoms with Gasteiger partial charge in [-0.25, -0.2) is 14.6 Å². The van der Waals surface area contributed by atoms with E-state index in [2.05, 4.69) is 17.2 Å². The number of unbranched alkanes of at least 4 members (excludes halogenated alkanes) is 1. The van der Waals surface area contributed by atoms with Gasteiger partial charge >= 0.3 is 11.9 Å². The highest BCUT2D eigenvalue weighted by Crippen LogP contribution is 2.40. The van der Waals surface area contributed by atoms with Crippen LogP contribution in [0.4, 0.5) is 11.4 Å². The van der Waals surface area contributed by atoms with Crippen molar-refractivity contribution in [2.45, 2.75) is 77.8 Å². The average molecular weight is 640 g/mol. The number of nitrogens with two attached hydrogens (primary N) is 2. The molecule has 3 aromatic rings. The second-order valence-corrected chi connectivity index (χ2v) is 13.4. The zero-order chi connectivity index (χ0) is 31.8. The van der Waals surface area contributed by atoms with E-state index in [0.29, 0.717) is 53.7 Å². The summed E-state index contributed by atoms with van der Waals surface area (Å²) in [6, 6.07) is 7.78. The van der Waals surface area contributed by atoms with E-state index in [1.54, 1.807) is 34.0 Å². The van der Waals surface area contributed by atoms with Crippen LogP contribution in [0.15, 0.2) is 41.2 Å². The van der Waals surface area contributed by atoms with Gasteiger partial charge in [0.25, 0.3) is 5.91 Å². The number of hydrogen-bond donors (Lipinski definition) is 3. The molecular formula is C32H41N5O5S2. The van der Waals surface area contributed by atoms with Gasteiger partial charge in [-0.3, -0.25) is 9.59 Å². The predicted octanol–water partition coefficient (Wildman–Crippen LogP) is 5.83. The first kappa shape index (κ1) is 33.4. The Labute approximate surface area is 266 Å². The Morgan fingerprint density at radius 3 is 2.41 bits per heavy atom. The first-order valence-corrected chi connectivity index (χ1v) is 16.8. The Hall–Kier alpha value is -3.45. The van der Waals surface area contributed by atoms with Crippen molar-refractivity contribution in [2.75, 3.05) is 16.8 Å². The summed E-state index contributed by atoms with van der Waals surface area (Å²) in [7, 11) is 0. The SMILES string of the molecule is CC1CCC(C(=O)N(c2cc(-c3ccc(NC(=O)c4cscn4)cc3)sc2C(=O)OC(=O)[C@@H](N)CCCCN)C(C)C)CC1. The number of carbonyl (C=O) groups excluding carboxylic acids is 4. The molecule has 44 heavy (non-hydrogen) atoms. The molecule has 1 atom stereocenters. The summed E-state index contributed by atoms with van der Waals surface area (Å²) in [5.74, 6) is -1.54. The van der Waals surface area contributed by atoms with Crippen molar-refractivity contribution in [2.24, 2.45) is 23.3 Å². The highest BCUT2D eigenvalue weighted by molar-refractivity contribution is 7.18. The van der Waals surface area contributed by atoms with Crippen LogP contribution in [0, 0.1) is 11.8 Å². The second-order valence-electron chi connectivity index (χ2n) is 11.6. The number of rotatable bonds is 12. The van der Waals surface area contributed by atoms with Crippen LogP contribution in [0.2, 0.25) is 0 Å². The maximum Gasteiger partial charge on any atom is 0.358 e. The van der Waals surface area contributed by atoms with E-state index in [9.17, 15) is 19.2 Å². The van der Waals surface area contributed by atoms with Crippen LogP contribution >= 0.6 is 22.7 Å². The molecule has 0 bridgehead atoms. The summed E-state index contributed by atoms with van der Waals surface area (Å²) in [6.45, 7) is 6.51. The third kappa shape index (κ3) is 8.38. The minimum absolute atomic E-state index is 0.0322. The van der Waals surface area contributed by atoms with Gasteiger partial charge in [0.05, 0.1) is 11.2 Å². The molecule has 1 aliphatic carbocycles. The molecule has 4 rings (SSSR count). The number of thiazole rings is 1. The zero-order valence-electron chi connectivity index (χ0n) is 25.4. The number of nitrogens with one attached hydrogen (secondary N) is 1. The van der Waals surface area contributed by atoms with E-state index in [1.165, 1.54) is 11.3 Å². The van der Waals surface area contributed by atoms with Crippen molar-refractivity contribution in [3.05, 3.63) is 51.8 Å². The molecule has 0 aliphatic heterocycles. The molecule has 236 valence electrons. The number of carbonyl (C=O) groups is 4. The van der Waals surface area contributed by atoms with E-state index in [0.717, 1.165) is 42.6 Å². The summed E-state index contributed by atoms with van der Waals surface area (Å²) >= 11 is 2.49. The Kier molecular flexibility index (Phi) is 11.8. The Bertz CT molecular complexity index is 1430. The maximum absolute atomic E-state index is 13.9. The van der Waals surface area contributed by atoms with E-state index < -0.39 is 18.0 Å². The molecule has 1 aromatic carbocycles. The van der Waals surface area contributed by atoms with Crippen molar-refractivity contribution in [1.82, 2.24) is 4.98 Å². The molecule has 0 radical (unpaired) electrons. The summed E-state index contributed by atoms with van der Waals surface area (Å²) < 4.78 is 5.27. The lowest BCUT2D eigenvalue weighted by Gasteiger charge is -2.33. The van der Waals surface area contributed by atoms with Gasteiger partial charge in [-0.15, -0.1) is 22.7 Å². The van der Waals surface area contributed by atoms with Crippen molar-refractivity contribution in [1.29, 1.82) is 0 Å². The molecule has 2 amide bonds. The number of thiophene rings is 1. The van der Waals surface area contributed by atoms with Gasteiger partial charge in [0, 0.05) is 27.9 Å². The molecule has 0 unspecified atom stereocenters. The lowest BCUT2D eigenvalue weighted by atomic mass is 9.82. The molecular weight excluding hydrogens is 599 g/mol. The molecule has 5 N–H and O–H groups in total. The molecule has 0 spiro atoms. The average Bonchev–Trinajstić information content (AvgIpc) is 3.69. The molecule has 2 aromatic heterocycles. The summed E-state index contributed by atoms with van der Waals surface area (Å²) in [4.78, 5) is 59.2. The third-order valence-electron chi connectivity index (χ3n) is 7.83. The normalized spacial score (nSPS) is 17.2. The van der Waals surface area contributed by atoms with Gasteiger partial charge < -0.3 is 26.4 Å². The fourth-order valence-electron chi connectivity index (χ4n) is 5.28. The minimum atomic E-state index is -0.951. The molecule has 1 saturated carbocycles. The third-order valence-corrected chi connectivity index (χ3v) is 9.57. The largest absolute Gasteiger partial charge is 0.388 e. The van der Waals surface area contributed by atoms with Crippen LogP contribution < -0.4 is 21.7 Å². The van der Waals surface area contributed by atoms with Gasteiger partial charge in [-0.1, -0.05) is 25.5 Å². The minimum Gasteiger partial charge on any atom is -0.388 e. The van der Waals surface area contributed by atoms with Gasteiger partial charge in [0.15, 0.2) is 0 Å². The number of nitrogens with zero attached hydrogens (tertiary/aromatic N) is 2. The van der Waals surface area contributed by atoms with Crippen LogP contribution in [-0.4, -0.2) is 47.4 Å². The lowest BCUT2D eigenvalue weighted by molar-refractivity contribution is -0.139. The molecule has 0 saturated heterocycles. The van der Waals surface area contributed by atoms with Crippen molar-refractivity contribution in [3.63, 3.8) is 0 Å². The van der Waals surface area contributed by atoms with Crippen LogP contribution in [-0.2, 0) is 14.3 Å². The standard InChI is InChI=1S/C32H41N5O5S2/c1-19(2)37(30(39)22-9-7-20(3)8-10-22)26-16-27(44-28(26)32(41)42-31(40)24(34)6-4-5-15-33)21-11-13-23(14-12-21)36-29(38)25-17-43-18-35-25/h11-14,16-20,22,24H,4-10,15,33-34H2,1-3H3,(H,36,38)/t20?,22?,24-/m0/s1. The van der Waals surface area contributed by atoms with Crippen LogP contribution in [0.25, 0.3) is 10.4 Å². The maximum atomic E-state index is 13.9. The summed E-state index contributed by atoms with van der Waals surface area (Å²) in [6.07, 6.45) is 5.27. The number of benzene rings is 1. The zero-order valence-corrected chi connectivity index (χ0v) is 27.0. The number of ether oxygens (including phenoxy) is 1. The fourth-order valence-corrected chi connectivity index (χ4v) is 6.84. The van der Waals surface area contributed by atoms with Crippen LogP contribution in [0.3, 0.4) is 0 Å². The monoisotopic (exact) mass is 639 g/mol. The highest BCUT2D eigenvalue weighted by Gasteiger charge is 2.34. The molecule has 1 fully saturated rings. The number of hydrogen-bond acceptors (Lipinski definition) is 10. The summed E-state index contributed by atoms with van der Waals surface area (Å²) in [5.41, 5.74) is 15.2. The lowest BCUT2D eigenvalue weighted by Crippen LogP contribution is -2.42. The van der Waals surface area contributed by atoms with Crippen molar-refractivity contribution in [3.8, 4) is 10.4 Å². The Balaban J connectivity index is 1.63. The van der Waals surface area contributed by atoms with Gasteiger partial charge in [-0.2, -0.15) is 0 Å². The predicted molar refractivity (Wildman–Crippen MR) is 175 cm³/mol. The summed E-state index contributed by atoms with van der Waals surface area (Å²) in [5, 5.41) is 4.49. The van der Waals surface area contributed by atoms with Crippen molar-refractivity contribution >= 4 is 57.8 Å².